The van der Waals surface area contributed by atoms with Crippen molar-refractivity contribution in [2.24, 2.45) is 5.92 Å². The number of amides is 1. The lowest BCUT2D eigenvalue weighted by Crippen LogP contribution is -2.32. The molecule has 4 nitrogen and oxygen atoms in total. The predicted molar refractivity (Wildman–Crippen MR) is 90.0 cm³/mol. The van der Waals surface area contributed by atoms with Crippen LogP contribution in [-0.2, 0) is 11.2 Å². The van der Waals surface area contributed by atoms with E-state index in [0.717, 1.165) is 22.7 Å². The van der Waals surface area contributed by atoms with E-state index in [4.69, 9.17) is 9.47 Å². The summed E-state index contributed by atoms with van der Waals surface area (Å²) in [4.78, 5) is 12.4. The average molecular weight is 311 g/mol. The first-order valence-corrected chi connectivity index (χ1v) is 7.90. The Morgan fingerprint density at radius 1 is 1.17 bits per heavy atom. The van der Waals surface area contributed by atoms with E-state index in [0.29, 0.717) is 13.0 Å². The highest BCUT2D eigenvalue weighted by Gasteiger charge is 2.25. The third kappa shape index (κ3) is 3.83. The van der Waals surface area contributed by atoms with E-state index < -0.39 is 0 Å². The lowest BCUT2D eigenvalue weighted by atomic mass is 9.96. The lowest BCUT2D eigenvalue weighted by Gasteiger charge is -2.24. The Kier molecular flexibility index (Phi) is 4.51. The number of carbonyl (C=O) groups excluding carboxylic acids is 1. The number of nitrogens with one attached hydrogen (secondary N) is 1. The molecule has 1 N–H and O–H groups in total. The molecule has 0 fully saturated rings. The van der Waals surface area contributed by atoms with Gasteiger partial charge in [0.25, 0.3) is 0 Å². The third-order valence-corrected chi connectivity index (χ3v) is 3.74. The van der Waals surface area contributed by atoms with Crippen molar-refractivity contribution < 1.29 is 14.3 Å². The van der Waals surface area contributed by atoms with Gasteiger partial charge in [-0.25, -0.2) is 0 Å². The second-order valence-electron chi connectivity index (χ2n) is 6.00. The monoisotopic (exact) mass is 311 g/mol. The van der Waals surface area contributed by atoms with Crippen molar-refractivity contribution >= 4 is 11.6 Å². The molecular formula is C19H21NO3. The smallest absolute Gasteiger partial charge is 0.231 e. The highest BCUT2D eigenvalue weighted by molar-refractivity contribution is 5.93. The lowest BCUT2D eigenvalue weighted by molar-refractivity contribution is -0.121. The molecule has 0 saturated heterocycles. The van der Waals surface area contributed by atoms with E-state index in [-0.39, 0.29) is 17.9 Å². The molecule has 1 heterocycles. The van der Waals surface area contributed by atoms with Crippen LogP contribution < -0.4 is 14.8 Å². The zero-order chi connectivity index (χ0) is 16.2. The molecule has 1 atom stereocenters. The third-order valence-electron chi connectivity index (χ3n) is 3.74. The van der Waals surface area contributed by atoms with Crippen LogP contribution in [0.1, 0.15) is 19.4 Å². The highest BCUT2D eigenvalue weighted by atomic mass is 16.5. The Morgan fingerprint density at radius 2 is 1.91 bits per heavy atom. The van der Waals surface area contributed by atoms with Gasteiger partial charge in [-0.3, -0.25) is 4.79 Å². The molecule has 4 heteroatoms. The van der Waals surface area contributed by atoms with Crippen LogP contribution >= 0.6 is 0 Å². The van der Waals surface area contributed by atoms with Crippen LogP contribution in [0.4, 0.5) is 5.69 Å². The van der Waals surface area contributed by atoms with Gasteiger partial charge in [0.1, 0.15) is 18.1 Å². The zero-order valence-corrected chi connectivity index (χ0v) is 13.4. The summed E-state index contributed by atoms with van der Waals surface area (Å²) in [5, 5.41) is 2.95. The molecule has 2 aromatic carbocycles. The first-order chi connectivity index (χ1) is 11.1. The molecule has 1 aliphatic heterocycles. The molecule has 1 amide bonds. The van der Waals surface area contributed by atoms with Gasteiger partial charge in [-0.05, 0) is 56.2 Å². The van der Waals surface area contributed by atoms with Gasteiger partial charge in [0.15, 0.2) is 0 Å². The number of ether oxygens (including phenoxy) is 2. The van der Waals surface area contributed by atoms with Gasteiger partial charge in [0.05, 0.1) is 12.0 Å². The predicted octanol–water partition coefficient (Wildman–Crippen LogP) is 3.66. The Balaban J connectivity index is 1.61. The van der Waals surface area contributed by atoms with Crippen LogP contribution in [0.5, 0.6) is 11.5 Å². The van der Waals surface area contributed by atoms with E-state index in [1.807, 2.05) is 62.4 Å². The Labute approximate surface area is 136 Å². The Morgan fingerprint density at radius 3 is 2.65 bits per heavy atom. The van der Waals surface area contributed by atoms with Crippen molar-refractivity contribution in [2.45, 2.75) is 26.4 Å². The van der Waals surface area contributed by atoms with Gasteiger partial charge >= 0.3 is 0 Å². The Hall–Kier alpha value is -2.49. The largest absolute Gasteiger partial charge is 0.492 e. The van der Waals surface area contributed by atoms with E-state index >= 15 is 0 Å². The summed E-state index contributed by atoms with van der Waals surface area (Å²) in [6.45, 7) is 4.38. The molecule has 0 aromatic heterocycles. The van der Waals surface area contributed by atoms with Gasteiger partial charge in [-0.1, -0.05) is 18.2 Å². The molecule has 0 radical (unpaired) electrons. The molecule has 120 valence electrons. The molecule has 1 aliphatic rings. The number of carbonyl (C=O) groups is 1. The van der Waals surface area contributed by atoms with Gasteiger partial charge in [0.2, 0.25) is 5.91 Å². The maximum Gasteiger partial charge on any atom is 0.231 e. The normalized spacial score (nSPS) is 16.4. The minimum Gasteiger partial charge on any atom is -0.492 e. The molecule has 0 aliphatic carbocycles. The van der Waals surface area contributed by atoms with Gasteiger partial charge < -0.3 is 14.8 Å². The first kappa shape index (κ1) is 15.4. The summed E-state index contributed by atoms with van der Waals surface area (Å²) in [7, 11) is 0. The maximum atomic E-state index is 12.4. The number of rotatable bonds is 4. The molecule has 0 saturated carbocycles. The molecule has 0 unspecified atom stereocenters. The van der Waals surface area contributed by atoms with Crippen molar-refractivity contribution in [3.8, 4) is 11.5 Å². The fraction of sp³-hybridized carbons (Fsp3) is 0.316. The summed E-state index contributed by atoms with van der Waals surface area (Å²) >= 11 is 0. The SMILES string of the molecule is CC(C)Oc1ccc(NC(=O)[C@H]2COc3ccccc3C2)cc1. The van der Waals surface area contributed by atoms with E-state index in [1.54, 1.807) is 0 Å². The minimum atomic E-state index is -0.170. The van der Waals surface area contributed by atoms with Gasteiger partial charge in [-0.15, -0.1) is 0 Å². The number of anilines is 1. The van der Waals surface area contributed by atoms with Crippen LogP contribution in [-0.4, -0.2) is 18.6 Å². The van der Waals surface area contributed by atoms with Gasteiger partial charge in [0, 0.05) is 5.69 Å². The van der Waals surface area contributed by atoms with Crippen molar-refractivity contribution in [3.05, 3.63) is 54.1 Å². The van der Waals surface area contributed by atoms with E-state index in [2.05, 4.69) is 5.32 Å². The quantitative estimate of drug-likeness (QED) is 0.937. The number of hydrogen-bond acceptors (Lipinski definition) is 3. The molecule has 0 bridgehead atoms. The van der Waals surface area contributed by atoms with Crippen LogP contribution in [0.2, 0.25) is 0 Å². The minimum absolute atomic E-state index is 0.0166. The molecule has 0 spiro atoms. The number of benzene rings is 2. The summed E-state index contributed by atoms with van der Waals surface area (Å²) in [5.74, 6) is 1.49. The van der Waals surface area contributed by atoms with Crippen molar-refractivity contribution in [2.75, 3.05) is 11.9 Å². The molecular weight excluding hydrogens is 290 g/mol. The van der Waals surface area contributed by atoms with Crippen molar-refractivity contribution in [3.63, 3.8) is 0 Å². The zero-order valence-electron chi connectivity index (χ0n) is 13.4. The van der Waals surface area contributed by atoms with E-state index in [1.165, 1.54) is 0 Å². The second kappa shape index (κ2) is 6.73. The maximum absolute atomic E-state index is 12.4. The second-order valence-corrected chi connectivity index (χ2v) is 6.00. The standard InChI is InChI=1S/C19H21NO3/c1-13(2)23-17-9-7-16(8-10-17)20-19(21)15-11-14-5-3-4-6-18(14)22-12-15/h3-10,13,15H,11-12H2,1-2H3,(H,20,21)/t15-/m1/s1. The van der Waals surface area contributed by atoms with Crippen LogP contribution in [0, 0.1) is 5.92 Å². The van der Waals surface area contributed by atoms with Crippen molar-refractivity contribution in [1.82, 2.24) is 0 Å². The summed E-state index contributed by atoms with van der Waals surface area (Å²) in [6.07, 6.45) is 0.839. The summed E-state index contributed by atoms with van der Waals surface area (Å²) < 4.78 is 11.3. The molecule has 3 rings (SSSR count). The fourth-order valence-corrected chi connectivity index (χ4v) is 2.63. The van der Waals surface area contributed by atoms with Gasteiger partial charge in [-0.2, -0.15) is 0 Å². The fourth-order valence-electron chi connectivity index (χ4n) is 2.63. The molecule has 2 aromatic rings. The summed E-state index contributed by atoms with van der Waals surface area (Å²) in [5.41, 5.74) is 1.85. The topological polar surface area (TPSA) is 47.6 Å². The van der Waals surface area contributed by atoms with Crippen LogP contribution in [0.3, 0.4) is 0 Å². The highest BCUT2D eigenvalue weighted by Crippen LogP contribution is 2.27. The number of para-hydroxylation sites is 1. The Bertz CT molecular complexity index is 679. The molecule has 23 heavy (non-hydrogen) atoms. The van der Waals surface area contributed by atoms with E-state index in [9.17, 15) is 4.79 Å². The van der Waals surface area contributed by atoms with Crippen LogP contribution in [0.15, 0.2) is 48.5 Å². The average Bonchev–Trinajstić information content (AvgIpc) is 2.55. The first-order valence-electron chi connectivity index (χ1n) is 7.90. The van der Waals surface area contributed by atoms with Crippen molar-refractivity contribution in [1.29, 1.82) is 0 Å². The summed E-state index contributed by atoms with van der Waals surface area (Å²) in [6, 6.07) is 15.3. The van der Waals surface area contributed by atoms with Crippen LogP contribution in [0.25, 0.3) is 0 Å². The number of hydrogen-bond donors (Lipinski definition) is 1. The number of fused-ring (bicyclic) bond motifs is 1.